The van der Waals surface area contributed by atoms with Crippen molar-refractivity contribution in [2.75, 3.05) is 0 Å². The Balaban J connectivity index is 2.15. The van der Waals surface area contributed by atoms with E-state index in [1.165, 1.54) is 12.1 Å². The standard InChI is InChI=1S/C16H18BrFN2O/c1-10(19)7-15-16(6-3-11(2)20-15)21-9-12-4-5-13(18)8-14(12)17/h3-6,8,10H,7,9,19H2,1-2H3. The van der Waals surface area contributed by atoms with Crippen LogP contribution < -0.4 is 10.5 Å². The molecule has 0 amide bonds. The highest BCUT2D eigenvalue weighted by Gasteiger charge is 2.10. The van der Waals surface area contributed by atoms with Crippen LogP contribution in [-0.2, 0) is 13.0 Å². The number of aryl methyl sites for hydroxylation is 1. The van der Waals surface area contributed by atoms with Gasteiger partial charge in [0.2, 0.25) is 0 Å². The largest absolute Gasteiger partial charge is 0.487 e. The number of rotatable bonds is 5. The zero-order chi connectivity index (χ0) is 15.4. The summed E-state index contributed by atoms with van der Waals surface area (Å²) in [7, 11) is 0. The molecular formula is C16H18BrFN2O. The molecule has 0 radical (unpaired) electrons. The van der Waals surface area contributed by atoms with E-state index in [1.54, 1.807) is 6.07 Å². The van der Waals surface area contributed by atoms with Crippen LogP contribution in [0.15, 0.2) is 34.8 Å². The Morgan fingerprint density at radius 1 is 1.33 bits per heavy atom. The zero-order valence-corrected chi connectivity index (χ0v) is 13.7. The lowest BCUT2D eigenvalue weighted by Gasteiger charge is -2.13. The minimum Gasteiger partial charge on any atom is -0.487 e. The van der Waals surface area contributed by atoms with E-state index in [0.29, 0.717) is 23.2 Å². The molecule has 3 nitrogen and oxygen atoms in total. The maximum atomic E-state index is 13.1. The summed E-state index contributed by atoms with van der Waals surface area (Å²) in [6.45, 7) is 4.22. The molecule has 2 rings (SSSR count). The number of hydrogen-bond acceptors (Lipinski definition) is 3. The van der Waals surface area contributed by atoms with Crippen LogP contribution in [0, 0.1) is 12.7 Å². The van der Waals surface area contributed by atoms with E-state index >= 15 is 0 Å². The molecule has 0 bridgehead atoms. The van der Waals surface area contributed by atoms with Gasteiger partial charge in [0.15, 0.2) is 0 Å². The van der Waals surface area contributed by atoms with Crippen molar-refractivity contribution in [1.29, 1.82) is 0 Å². The molecule has 2 aromatic rings. The third-order valence-electron chi connectivity index (χ3n) is 2.99. The van der Waals surface area contributed by atoms with Gasteiger partial charge in [-0.1, -0.05) is 22.0 Å². The van der Waals surface area contributed by atoms with Gasteiger partial charge in [-0.05, 0) is 38.1 Å². The molecule has 0 aliphatic heterocycles. The molecule has 112 valence electrons. The quantitative estimate of drug-likeness (QED) is 0.890. The Bertz CT molecular complexity index is 632. The predicted molar refractivity (Wildman–Crippen MR) is 84.8 cm³/mol. The average Bonchev–Trinajstić information content (AvgIpc) is 2.39. The first kappa shape index (κ1) is 15.9. The van der Waals surface area contributed by atoms with Crippen molar-refractivity contribution in [3.8, 4) is 5.75 Å². The molecule has 0 saturated carbocycles. The highest BCUT2D eigenvalue weighted by Crippen LogP contribution is 2.23. The summed E-state index contributed by atoms with van der Waals surface area (Å²) in [4.78, 5) is 4.49. The first-order valence-corrected chi connectivity index (χ1v) is 7.54. The number of aromatic nitrogens is 1. The van der Waals surface area contributed by atoms with Gasteiger partial charge in [0, 0.05) is 28.2 Å². The molecule has 1 heterocycles. The lowest BCUT2D eigenvalue weighted by Crippen LogP contribution is -2.19. The molecule has 21 heavy (non-hydrogen) atoms. The molecule has 0 aliphatic rings. The maximum Gasteiger partial charge on any atom is 0.141 e. The average molecular weight is 353 g/mol. The number of benzene rings is 1. The van der Waals surface area contributed by atoms with Crippen molar-refractivity contribution in [2.24, 2.45) is 5.73 Å². The molecule has 1 aromatic carbocycles. The maximum absolute atomic E-state index is 13.1. The monoisotopic (exact) mass is 352 g/mol. The highest BCUT2D eigenvalue weighted by atomic mass is 79.9. The van der Waals surface area contributed by atoms with Crippen LogP contribution in [-0.4, -0.2) is 11.0 Å². The molecule has 5 heteroatoms. The van der Waals surface area contributed by atoms with E-state index in [0.717, 1.165) is 17.0 Å². The van der Waals surface area contributed by atoms with E-state index in [-0.39, 0.29) is 11.9 Å². The summed E-state index contributed by atoms with van der Waals surface area (Å²) in [5.41, 5.74) is 8.51. The normalized spacial score (nSPS) is 12.2. The van der Waals surface area contributed by atoms with Crippen molar-refractivity contribution in [3.63, 3.8) is 0 Å². The number of nitrogens with two attached hydrogens (primary N) is 1. The van der Waals surface area contributed by atoms with Crippen LogP contribution in [0.1, 0.15) is 23.9 Å². The third kappa shape index (κ3) is 4.51. The molecule has 0 spiro atoms. The second-order valence-corrected chi connectivity index (χ2v) is 5.96. The van der Waals surface area contributed by atoms with E-state index in [1.807, 2.05) is 26.0 Å². The fraction of sp³-hybridized carbons (Fsp3) is 0.312. The SMILES string of the molecule is Cc1ccc(OCc2ccc(F)cc2Br)c(CC(C)N)n1. The van der Waals surface area contributed by atoms with Gasteiger partial charge in [0.05, 0.1) is 5.69 Å². The van der Waals surface area contributed by atoms with Crippen LogP contribution >= 0.6 is 15.9 Å². The van der Waals surface area contributed by atoms with Crippen LogP contribution in [0.4, 0.5) is 4.39 Å². The second kappa shape index (κ2) is 7.00. The minimum atomic E-state index is -0.278. The zero-order valence-electron chi connectivity index (χ0n) is 12.1. The van der Waals surface area contributed by atoms with E-state index in [2.05, 4.69) is 20.9 Å². The fourth-order valence-electron chi connectivity index (χ4n) is 1.97. The van der Waals surface area contributed by atoms with Gasteiger partial charge in [-0.3, -0.25) is 4.98 Å². The van der Waals surface area contributed by atoms with Gasteiger partial charge in [0.25, 0.3) is 0 Å². The number of nitrogens with zero attached hydrogens (tertiary/aromatic N) is 1. The Hall–Kier alpha value is -1.46. The molecule has 2 N–H and O–H groups in total. The van der Waals surface area contributed by atoms with Crippen LogP contribution in [0.2, 0.25) is 0 Å². The molecule has 0 saturated heterocycles. The van der Waals surface area contributed by atoms with Crippen molar-refractivity contribution < 1.29 is 9.13 Å². The molecule has 1 unspecified atom stereocenters. The smallest absolute Gasteiger partial charge is 0.141 e. The number of halogens is 2. The lowest BCUT2D eigenvalue weighted by atomic mass is 10.1. The third-order valence-corrected chi connectivity index (χ3v) is 3.72. The van der Waals surface area contributed by atoms with Crippen LogP contribution in [0.5, 0.6) is 5.75 Å². The Labute approximate surface area is 132 Å². The summed E-state index contributed by atoms with van der Waals surface area (Å²) in [5, 5.41) is 0. The van der Waals surface area contributed by atoms with Crippen molar-refractivity contribution in [3.05, 3.63) is 57.6 Å². The van der Waals surface area contributed by atoms with Crippen molar-refractivity contribution in [2.45, 2.75) is 32.9 Å². The number of pyridine rings is 1. The van der Waals surface area contributed by atoms with Gasteiger partial charge < -0.3 is 10.5 Å². The van der Waals surface area contributed by atoms with Gasteiger partial charge >= 0.3 is 0 Å². The van der Waals surface area contributed by atoms with Crippen molar-refractivity contribution >= 4 is 15.9 Å². The summed E-state index contributed by atoms with van der Waals surface area (Å²) in [6, 6.07) is 8.36. The van der Waals surface area contributed by atoms with Gasteiger partial charge in [0.1, 0.15) is 18.2 Å². The molecule has 0 aliphatic carbocycles. The summed E-state index contributed by atoms with van der Waals surface area (Å²) in [6.07, 6.45) is 0.654. The minimum absolute atomic E-state index is 0.0132. The summed E-state index contributed by atoms with van der Waals surface area (Å²) < 4.78 is 19.6. The number of hydrogen-bond donors (Lipinski definition) is 1. The summed E-state index contributed by atoms with van der Waals surface area (Å²) in [5.74, 6) is 0.439. The second-order valence-electron chi connectivity index (χ2n) is 5.10. The van der Waals surface area contributed by atoms with Crippen LogP contribution in [0.25, 0.3) is 0 Å². The molecule has 0 fully saturated rings. The Morgan fingerprint density at radius 3 is 2.76 bits per heavy atom. The van der Waals surface area contributed by atoms with E-state index in [4.69, 9.17) is 10.5 Å². The fourth-order valence-corrected chi connectivity index (χ4v) is 2.44. The topological polar surface area (TPSA) is 48.1 Å². The highest BCUT2D eigenvalue weighted by molar-refractivity contribution is 9.10. The van der Waals surface area contributed by atoms with Crippen LogP contribution in [0.3, 0.4) is 0 Å². The van der Waals surface area contributed by atoms with Gasteiger partial charge in [-0.25, -0.2) is 4.39 Å². The molecular weight excluding hydrogens is 335 g/mol. The molecule has 1 atom stereocenters. The van der Waals surface area contributed by atoms with Gasteiger partial charge in [-0.2, -0.15) is 0 Å². The van der Waals surface area contributed by atoms with E-state index < -0.39 is 0 Å². The van der Waals surface area contributed by atoms with E-state index in [9.17, 15) is 4.39 Å². The van der Waals surface area contributed by atoms with Gasteiger partial charge in [-0.15, -0.1) is 0 Å². The first-order valence-electron chi connectivity index (χ1n) is 6.74. The summed E-state index contributed by atoms with van der Waals surface area (Å²) >= 11 is 3.34. The Kier molecular flexibility index (Phi) is 5.31. The van der Waals surface area contributed by atoms with Crippen molar-refractivity contribution in [1.82, 2.24) is 4.98 Å². The Morgan fingerprint density at radius 2 is 2.10 bits per heavy atom. The molecule has 1 aromatic heterocycles. The first-order chi connectivity index (χ1) is 9.95. The number of ether oxygens (including phenoxy) is 1. The predicted octanol–water partition coefficient (Wildman–Crippen LogP) is 3.76. The lowest BCUT2D eigenvalue weighted by molar-refractivity contribution is 0.299.